The molecule has 1 amide bonds. The number of ether oxygens (including phenoxy) is 1. The third kappa shape index (κ3) is 5.43. The van der Waals surface area contributed by atoms with E-state index in [1.165, 1.54) is 25.3 Å². The second kappa shape index (κ2) is 9.35. The number of sulfonamides is 1. The van der Waals surface area contributed by atoms with Crippen LogP contribution in [0.2, 0.25) is 0 Å². The highest BCUT2D eigenvalue weighted by Crippen LogP contribution is 2.28. The number of carbonyl (C=O) groups excluding carboxylic acids is 1. The molecule has 152 valence electrons. The molecule has 0 unspecified atom stereocenters. The number of carbonyl (C=O) groups is 1. The molecule has 3 rings (SSSR count). The van der Waals surface area contributed by atoms with Crippen LogP contribution >= 0.6 is 0 Å². The minimum absolute atomic E-state index is 0.0456. The number of amides is 1. The maximum Gasteiger partial charge on any atom is 0.255 e. The summed E-state index contributed by atoms with van der Waals surface area (Å²) in [4.78, 5) is 16.4. The highest BCUT2D eigenvalue weighted by Gasteiger charge is 2.17. The van der Waals surface area contributed by atoms with Crippen molar-refractivity contribution in [1.29, 1.82) is 0 Å². The quantitative estimate of drug-likeness (QED) is 0.524. The Balaban J connectivity index is 1.70. The zero-order chi connectivity index (χ0) is 20.7. The van der Waals surface area contributed by atoms with E-state index >= 15 is 0 Å². The SMILES string of the molecule is COc1ccc(S(=O)(=O)NCCCn2ccnc2)cc1NC(=O)c1ccccc1. The molecule has 0 atom stereocenters. The first kappa shape index (κ1) is 20.6. The van der Waals surface area contributed by atoms with Crippen molar-refractivity contribution in [3.05, 3.63) is 72.8 Å². The highest BCUT2D eigenvalue weighted by molar-refractivity contribution is 7.89. The predicted octanol–water partition coefficient (Wildman–Crippen LogP) is 2.51. The highest BCUT2D eigenvalue weighted by atomic mass is 32.2. The first-order valence-electron chi connectivity index (χ1n) is 8.99. The van der Waals surface area contributed by atoms with Crippen LogP contribution in [0.25, 0.3) is 0 Å². The summed E-state index contributed by atoms with van der Waals surface area (Å²) >= 11 is 0. The molecule has 1 heterocycles. The molecular formula is C20H22N4O4S. The van der Waals surface area contributed by atoms with Gasteiger partial charge in [0.1, 0.15) is 5.75 Å². The van der Waals surface area contributed by atoms with E-state index in [1.807, 2.05) is 16.8 Å². The molecule has 0 fully saturated rings. The Kier molecular flexibility index (Phi) is 6.63. The number of aromatic nitrogens is 2. The lowest BCUT2D eigenvalue weighted by molar-refractivity contribution is 0.102. The molecule has 1 aromatic heterocycles. The van der Waals surface area contributed by atoms with Crippen LogP contribution in [0.5, 0.6) is 5.75 Å². The van der Waals surface area contributed by atoms with Gasteiger partial charge in [0, 0.05) is 31.0 Å². The van der Waals surface area contributed by atoms with E-state index in [4.69, 9.17) is 4.74 Å². The van der Waals surface area contributed by atoms with Gasteiger partial charge in [-0.3, -0.25) is 4.79 Å². The van der Waals surface area contributed by atoms with Crippen LogP contribution in [0, 0.1) is 0 Å². The summed E-state index contributed by atoms with van der Waals surface area (Å²) in [6.07, 6.45) is 5.79. The first-order valence-corrected chi connectivity index (χ1v) is 10.5. The molecule has 2 aromatic carbocycles. The van der Waals surface area contributed by atoms with Gasteiger partial charge in [-0.25, -0.2) is 18.1 Å². The number of hydrogen-bond donors (Lipinski definition) is 2. The molecule has 0 spiro atoms. The van der Waals surface area contributed by atoms with Crippen molar-refractivity contribution in [2.45, 2.75) is 17.9 Å². The molecule has 0 saturated carbocycles. The molecule has 9 heteroatoms. The van der Waals surface area contributed by atoms with E-state index in [9.17, 15) is 13.2 Å². The van der Waals surface area contributed by atoms with Gasteiger partial charge in [-0.15, -0.1) is 0 Å². The number of nitrogens with one attached hydrogen (secondary N) is 2. The van der Waals surface area contributed by atoms with Gasteiger partial charge in [0.25, 0.3) is 5.91 Å². The van der Waals surface area contributed by atoms with Crippen LogP contribution in [0.15, 0.2) is 72.1 Å². The lowest BCUT2D eigenvalue weighted by Crippen LogP contribution is -2.25. The number of methoxy groups -OCH3 is 1. The molecule has 2 N–H and O–H groups in total. The van der Waals surface area contributed by atoms with E-state index < -0.39 is 10.0 Å². The van der Waals surface area contributed by atoms with Crippen LogP contribution in [0.1, 0.15) is 16.8 Å². The summed E-state index contributed by atoms with van der Waals surface area (Å²) in [5, 5.41) is 2.71. The van der Waals surface area contributed by atoms with Gasteiger partial charge in [0.15, 0.2) is 0 Å². The second-order valence-electron chi connectivity index (χ2n) is 6.23. The van der Waals surface area contributed by atoms with Crippen LogP contribution in [-0.4, -0.2) is 37.5 Å². The summed E-state index contributed by atoms with van der Waals surface area (Å²) < 4.78 is 34.9. The van der Waals surface area contributed by atoms with Crippen LogP contribution < -0.4 is 14.8 Å². The minimum atomic E-state index is -3.73. The fourth-order valence-electron chi connectivity index (χ4n) is 2.71. The third-order valence-electron chi connectivity index (χ3n) is 4.21. The molecule has 0 radical (unpaired) electrons. The molecule has 29 heavy (non-hydrogen) atoms. The first-order chi connectivity index (χ1) is 14.0. The van der Waals surface area contributed by atoms with Crippen molar-refractivity contribution in [1.82, 2.24) is 14.3 Å². The molecule has 0 bridgehead atoms. The number of benzene rings is 2. The van der Waals surface area contributed by atoms with E-state index in [2.05, 4.69) is 15.0 Å². The summed E-state index contributed by atoms with van der Waals surface area (Å²) in [6, 6.07) is 13.0. The number of imidazole rings is 1. The second-order valence-corrected chi connectivity index (χ2v) is 8.00. The normalized spacial score (nSPS) is 11.2. The van der Waals surface area contributed by atoms with E-state index in [1.54, 1.807) is 36.8 Å². The Labute approximate surface area is 169 Å². The number of nitrogens with zero attached hydrogens (tertiary/aromatic N) is 2. The van der Waals surface area contributed by atoms with Crippen molar-refractivity contribution in [2.24, 2.45) is 0 Å². The lowest BCUT2D eigenvalue weighted by atomic mass is 10.2. The largest absolute Gasteiger partial charge is 0.495 e. The summed E-state index contributed by atoms with van der Waals surface area (Å²) in [5.74, 6) is 0.0140. The average Bonchev–Trinajstić information content (AvgIpc) is 3.25. The van der Waals surface area contributed by atoms with E-state index in [0.29, 0.717) is 24.3 Å². The lowest BCUT2D eigenvalue weighted by Gasteiger charge is -2.13. The van der Waals surface area contributed by atoms with E-state index in [0.717, 1.165) is 0 Å². The smallest absolute Gasteiger partial charge is 0.255 e. The van der Waals surface area contributed by atoms with Crippen molar-refractivity contribution in [2.75, 3.05) is 19.0 Å². The van der Waals surface area contributed by atoms with Crippen LogP contribution in [0.4, 0.5) is 5.69 Å². The number of aryl methyl sites for hydroxylation is 1. The van der Waals surface area contributed by atoms with Crippen molar-refractivity contribution >= 4 is 21.6 Å². The predicted molar refractivity (Wildman–Crippen MR) is 109 cm³/mol. The maximum atomic E-state index is 12.6. The number of rotatable bonds is 9. The maximum absolute atomic E-state index is 12.6. The van der Waals surface area contributed by atoms with Gasteiger partial charge in [0.2, 0.25) is 10.0 Å². The molecule has 3 aromatic rings. The molecule has 8 nitrogen and oxygen atoms in total. The zero-order valence-electron chi connectivity index (χ0n) is 15.9. The van der Waals surface area contributed by atoms with Crippen molar-refractivity contribution in [3.63, 3.8) is 0 Å². The molecule has 0 saturated heterocycles. The van der Waals surface area contributed by atoms with Crippen molar-refractivity contribution in [3.8, 4) is 5.75 Å². The van der Waals surface area contributed by atoms with E-state index in [-0.39, 0.29) is 23.0 Å². The molecule has 0 aliphatic heterocycles. The van der Waals surface area contributed by atoms with Gasteiger partial charge in [-0.2, -0.15) is 0 Å². The Bertz CT molecular complexity index is 1050. The Morgan fingerprint density at radius 2 is 1.97 bits per heavy atom. The fourth-order valence-corrected chi connectivity index (χ4v) is 3.81. The van der Waals surface area contributed by atoms with Gasteiger partial charge in [0.05, 0.1) is 24.0 Å². The van der Waals surface area contributed by atoms with Gasteiger partial charge >= 0.3 is 0 Å². The van der Waals surface area contributed by atoms with Gasteiger partial charge in [-0.1, -0.05) is 18.2 Å². The van der Waals surface area contributed by atoms with Crippen molar-refractivity contribution < 1.29 is 17.9 Å². The monoisotopic (exact) mass is 414 g/mol. The molecular weight excluding hydrogens is 392 g/mol. The number of anilines is 1. The Morgan fingerprint density at radius 1 is 1.17 bits per heavy atom. The Hall–Kier alpha value is -3.17. The van der Waals surface area contributed by atoms with Crippen LogP contribution in [-0.2, 0) is 16.6 Å². The fraction of sp³-hybridized carbons (Fsp3) is 0.200. The van der Waals surface area contributed by atoms with Gasteiger partial charge in [-0.05, 0) is 36.8 Å². The average molecular weight is 414 g/mol. The number of hydrogen-bond acceptors (Lipinski definition) is 5. The summed E-state index contributed by atoms with van der Waals surface area (Å²) in [5.41, 5.74) is 0.739. The topological polar surface area (TPSA) is 102 Å². The van der Waals surface area contributed by atoms with Gasteiger partial charge < -0.3 is 14.6 Å². The summed E-state index contributed by atoms with van der Waals surface area (Å²) in [7, 11) is -2.28. The third-order valence-corrected chi connectivity index (χ3v) is 5.67. The Morgan fingerprint density at radius 3 is 2.66 bits per heavy atom. The minimum Gasteiger partial charge on any atom is -0.495 e. The standard InChI is InChI=1S/C20H22N4O4S/c1-28-19-9-8-17(14-18(19)23-20(25)16-6-3-2-4-7-16)29(26,27)22-10-5-12-24-13-11-21-15-24/h2-4,6-9,11,13-15,22H,5,10,12H2,1H3,(H,23,25). The zero-order valence-corrected chi connectivity index (χ0v) is 16.7. The molecule has 0 aliphatic carbocycles. The summed E-state index contributed by atoms with van der Waals surface area (Å²) in [6.45, 7) is 0.932. The molecule has 0 aliphatic rings. The van der Waals surface area contributed by atoms with Crippen LogP contribution in [0.3, 0.4) is 0 Å².